The van der Waals surface area contributed by atoms with Gasteiger partial charge in [0.1, 0.15) is 0 Å². The largest absolute Gasteiger partial charge is 0.273 e. The van der Waals surface area contributed by atoms with Crippen molar-refractivity contribution in [3.05, 3.63) is 75.3 Å². The summed E-state index contributed by atoms with van der Waals surface area (Å²) in [6, 6.07) is 8.76. The Morgan fingerprint density at radius 3 is 2.44 bits per heavy atom. The minimum absolute atomic E-state index is 0.00515. The maximum atomic E-state index is 13.1. The highest BCUT2D eigenvalue weighted by Crippen LogP contribution is 2.31. The predicted octanol–water partition coefficient (Wildman–Crippen LogP) is 4.25. The van der Waals surface area contributed by atoms with Crippen molar-refractivity contribution in [1.29, 1.82) is 0 Å². The Morgan fingerprint density at radius 2 is 1.84 bits per heavy atom. The molecule has 0 aliphatic carbocycles. The van der Waals surface area contributed by atoms with Gasteiger partial charge in [-0.3, -0.25) is 14.4 Å². The summed E-state index contributed by atoms with van der Waals surface area (Å²) in [6.07, 6.45) is 1.44. The van der Waals surface area contributed by atoms with Crippen LogP contribution in [0.3, 0.4) is 0 Å². The summed E-state index contributed by atoms with van der Waals surface area (Å²) in [6.45, 7) is 6.91. The summed E-state index contributed by atoms with van der Waals surface area (Å²) in [7, 11) is -4.03. The van der Waals surface area contributed by atoms with Crippen LogP contribution in [0.2, 0.25) is 5.02 Å². The Kier molecular flexibility index (Phi) is 5.49. The molecule has 0 atom stereocenters. The zero-order valence-electron chi connectivity index (χ0n) is 13.8. The SMILES string of the molecule is C=CCN(c1cc(Cl)ccc1C)S(=O)(=O)c1ccc(C)c([N+](=O)[O-])c1. The molecule has 6 nitrogen and oxygen atoms in total. The lowest BCUT2D eigenvalue weighted by atomic mass is 10.2. The van der Waals surface area contributed by atoms with Gasteiger partial charge in [0.15, 0.2) is 0 Å². The first-order chi connectivity index (χ1) is 11.7. The Bertz CT molecular complexity index is 942. The van der Waals surface area contributed by atoms with Gasteiger partial charge in [0.05, 0.1) is 22.1 Å². The maximum Gasteiger partial charge on any atom is 0.273 e. The fourth-order valence-electron chi connectivity index (χ4n) is 2.37. The van der Waals surface area contributed by atoms with E-state index in [1.165, 1.54) is 18.2 Å². The van der Waals surface area contributed by atoms with Gasteiger partial charge in [-0.25, -0.2) is 8.42 Å². The first kappa shape index (κ1) is 19.0. The number of nitrogens with zero attached hydrogens (tertiary/aromatic N) is 2. The molecule has 0 saturated carbocycles. The van der Waals surface area contributed by atoms with E-state index in [2.05, 4.69) is 6.58 Å². The number of anilines is 1. The number of nitro benzene ring substituents is 1. The van der Waals surface area contributed by atoms with Gasteiger partial charge in [-0.2, -0.15) is 0 Å². The van der Waals surface area contributed by atoms with Crippen molar-refractivity contribution in [2.24, 2.45) is 0 Å². The van der Waals surface area contributed by atoms with Crippen LogP contribution < -0.4 is 4.31 Å². The maximum absolute atomic E-state index is 13.1. The van der Waals surface area contributed by atoms with Crippen LogP contribution in [0.5, 0.6) is 0 Å². The van der Waals surface area contributed by atoms with Gasteiger partial charge in [-0.15, -0.1) is 6.58 Å². The van der Waals surface area contributed by atoms with Gasteiger partial charge in [-0.05, 0) is 37.6 Å². The molecule has 0 bridgehead atoms. The molecular weight excluding hydrogens is 364 g/mol. The van der Waals surface area contributed by atoms with Gasteiger partial charge in [0.25, 0.3) is 15.7 Å². The van der Waals surface area contributed by atoms with Crippen molar-refractivity contribution in [2.45, 2.75) is 18.7 Å². The summed E-state index contributed by atoms with van der Waals surface area (Å²) in [5, 5.41) is 11.5. The van der Waals surface area contributed by atoms with Crippen LogP contribution in [0, 0.1) is 24.0 Å². The fourth-order valence-corrected chi connectivity index (χ4v) is 4.05. The second-order valence-electron chi connectivity index (χ2n) is 5.46. The average molecular weight is 381 g/mol. The highest BCUT2D eigenvalue weighted by atomic mass is 35.5. The molecule has 0 aliphatic heterocycles. The van der Waals surface area contributed by atoms with Crippen LogP contribution >= 0.6 is 11.6 Å². The highest BCUT2D eigenvalue weighted by molar-refractivity contribution is 7.92. The minimum Gasteiger partial charge on any atom is -0.262 e. The summed E-state index contributed by atoms with van der Waals surface area (Å²) in [4.78, 5) is 10.4. The van der Waals surface area contributed by atoms with Crippen molar-refractivity contribution in [3.63, 3.8) is 0 Å². The third-order valence-corrected chi connectivity index (χ3v) is 5.71. The van der Waals surface area contributed by atoms with Crippen LogP contribution in [-0.2, 0) is 10.0 Å². The molecule has 0 fully saturated rings. The van der Waals surface area contributed by atoms with Crippen molar-refractivity contribution in [2.75, 3.05) is 10.8 Å². The normalized spacial score (nSPS) is 11.2. The summed E-state index contributed by atoms with van der Waals surface area (Å²) in [5.74, 6) is 0. The van der Waals surface area contributed by atoms with Gasteiger partial charge >= 0.3 is 0 Å². The third kappa shape index (κ3) is 3.83. The number of nitro groups is 1. The standard InChI is InChI=1S/C17H17ClN2O4S/c1-4-9-19(16-10-14(18)7-5-12(16)2)25(23,24)15-8-6-13(3)17(11-15)20(21)22/h4-8,10-11H,1,9H2,2-3H3. The lowest BCUT2D eigenvalue weighted by Crippen LogP contribution is -2.31. The van der Waals surface area contributed by atoms with Gasteiger partial charge in [0.2, 0.25) is 0 Å². The predicted molar refractivity (Wildman–Crippen MR) is 98.8 cm³/mol. The summed E-state index contributed by atoms with van der Waals surface area (Å²) >= 11 is 6.01. The molecule has 132 valence electrons. The van der Waals surface area contributed by atoms with E-state index in [0.29, 0.717) is 21.8 Å². The van der Waals surface area contributed by atoms with Crippen LogP contribution in [0.15, 0.2) is 53.9 Å². The summed E-state index contributed by atoms with van der Waals surface area (Å²) in [5.41, 5.74) is 1.24. The van der Waals surface area contributed by atoms with E-state index in [4.69, 9.17) is 11.6 Å². The van der Waals surface area contributed by atoms with E-state index >= 15 is 0 Å². The van der Waals surface area contributed by atoms with E-state index < -0.39 is 14.9 Å². The first-order valence-electron chi connectivity index (χ1n) is 7.33. The molecule has 0 heterocycles. The lowest BCUT2D eigenvalue weighted by molar-refractivity contribution is -0.385. The number of aryl methyl sites for hydroxylation is 2. The molecule has 8 heteroatoms. The molecule has 25 heavy (non-hydrogen) atoms. The molecule has 0 radical (unpaired) electrons. The molecule has 0 spiro atoms. The lowest BCUT2D eigenvalue weighted by Gasteiger charge is -2.25. The van der Waals surface area contributed by atoms with Crippen LogP contribution in [0.4, 0.5) is 11.4 Å². The first-order valence-corrected chi connectivity index (χ1v) is 9.15. The number of hydrogen-bond donors (Lipinski definition) is 0. The molecule has 0 aromatic heterocycles. The van der Waals surface area contributed by atoms with Gasteiger partial charge < -0.3 is 0 Å². The zero-order valence-corrected chi connectivity index (χ0v) is 15.3. The van der Waals surface area contributed by atoms with Crippen molar-refractivity contribution in [1.82, 2.24) is 0 Å². The Balaban J connectivity index is 2.65. The van der Waals surface area contributed by atoms with Gasteiger partial charge in [0, 0.05) is 16.7 Å². The number of hydrogen-bond acceptors (Lipinski definition) is 4. The van der Waals surface area contributed by atoms with E-state index in [1.54, 1.807) is 32.0 Å². The second kappa shape index (κ2) is 7.25. The topological polar surface area (TPSA) is 80.5 Å². The number of sulfonamides is 1. The van der Waals surface area contributed by atoms with E-state index in [1.807, 2.05) is 0 Å². The monoisotopic (exact) mass is 380 g/mol. The number of benzene rings is 2. The van der Waals surface area contributed by atoms with Crippen molar-refractivity contribution in [3.8, 4) is 0 Å². The fraction of sp³-hybridized carbons (Fsp3) is 0.176. The van der Waals surface area contributed by atoms with Crippen LogP contribution in [0.25, 0.3) is 0 Å². The van der Waals surface area contributed by atoms with Gasteiger partial charge in [-0.1, -0.05) is 29.8 Å². The van der Waals surface area contributed by atoms with Crippen LogP contribution in [0.1, 0.15) is 11.1 Å². The minimum atomic E-state index is -4.03. The Hall–Kier alpha value is -2.38. The Labute approximate surface area is 151 Å². The van der Waals surface area contributed by atoms with Crippen LogP contribution in [-0.4, -0.2) is 19.9 Å². The summed E-state index contributed by atoms with van der Waals surface area (Å²) < 4.78 is 27.3. The molecule has 2 aromatic carbocycles. The number of rotatable bonds is 6. The molecular formula is C17H17ClN2O4S. The van der Waals surface area contributed by atoms with E-state index in [9.17, 15) is 18.5 Å². The third-order valence-electron chi connectivity index (χ3n) is 3.70. The molecule has 2 aromatic rings. The van der Waals surface area contributed by atoms with E-state index in [-0.39, 0.29) is 17.1 Å². The molecule has 0 N–H and O–H groups in total. The van der Waals surface area contributed by atoms with E-state index in [0.717, 1.165) is 10.4 Å². The van der Waals surface area contributed by atoms with Crippen molar-refractivity contribution < 1.29 is 13.3 Å². The molecule has 0 aliphatic rings. The average Bonchev–Trinajstić information content (AvgIpc) is 2.55. The molecule has 0 amide bonds. The smallest absolute Gasteiger partial charge is 0.262 e. The zero-order chi connectivity index (χ0) is 18.8. The van der Waals surface area contributed by atoms with Crippen molar-refractivity contribution >= 4 is 33.0 Å². The number of halogens is 1. The second-order valence-corrected chi connectivity index (χ2v) is 7.76. The highest BCUT2D eigenvalue weighted by Gasteiger charge is 2.27. The molecule has 0 saturated heterocycles. The Morgan fingerprint density at radius 1 is 1.20 bits per heavy atom. The molecule has 0 unspecified atom stereocenters. The quantitative estimate of drug-likeness (QED) is 0.426. The molecule has 2 rings (SSSR count).